The normalized spacial score (nSPS) is 13.8. The summed E-state index contributed by atoms with van der Waals surface area (Å²) < 4.78 is 48.0. The molecule has 1 aliphatic heterocycles. The van der Waals surface area contributed by atoms with Crippen molar-refractivity contribution in [1.82, 2.24) is 9.58 Å². The van der Waals surface area contributed by atoms with Crippen molar-refractivity contribution < 1.29 is 27.8 Å². The van der Waals surface area contributed by atoms with Gasteiger partial charge >= 0.3 is 6.18 Å². The van der Waals surface area contributed by atoms with E-state index in [1.807, 2.05) is 30.3 Å². The highest BCUT2D eigenvalue weighted by atomic mass is 19.4. The molecule has 1 aliphatic rings. The zero-order valence-corrected chi connectivity index (χ0v) is 19.4. The number of aromatic nitrogens is 1. The van der Waals surface area contributed by atoms with Crippen LogP contribution in [-0.2, 0) is 12.6 Å². The molecule has 0 unspecified atom stereocenters. The van der Waals surface area contributed by atoms with E-state index in [9.17, 15) is 27.9 Å². The van der Waals surface area contributed by atoms with Crippen LogP contribution in [0.15, 0.2) is 77.7 Å². The summed E-state index contributed by atoms with van der Waals surface area (Å²) in [5.74, 6) is -1.41. The van der Waals surface area contributed by atoms with Gasteiger partial charge in [0.05, 0.1) is 5.56 Å². The average Bonchev–Trinajstić information content (AvgIpc) is 2.84. The number of nitrogens with zero attached hydrogens (tertiary/aromatic N) is 3. The molecule has 0 radical (unpaired) electrons. The molecule has 2 heterocycles. The number of carbonyl (C=O) groups excluding carboxylic acids is 1. The van der Waals surface area contributed by atoms with Gasteiger partial charge in [0.25, 0.3) is 5.91 Å². The predicted molar refractivity (Wildman–Crippen MR) is 128 cm³/mol. The van der Waals surface area contributed by atoms with Crippen molar-refractivity contribution in [1.29, 1.82) is 0 Å². The summed E-state index contributed by atoms with van der Waals surface area (Å²) in [6.07, 6.45) is 0.220. The van der Waals surface area contributed by atoms with Crippen LogP contribution in [0.5, 0.6) is 11.5 Å². The molecule has 2 aromatic carbocycles. The summed E-state index contributed by atoms with van der Waals surface area (Å²) in [7, 11) is 1.68. The van der Waals surface area contributed by atoms with Crippen molar-refractivity contribution >= 4 is 5.91 Å². The summed E-state index contributed by atoms with van der Waals surface area (Å²) in [6.45, 7) is 0.137. The van der Waals surface area contributed by atoms with Crippen LogP contribution in [0.25, 0.3) is 0 Å². The molecule has 188 valence electrons. The fraction of sp³-hybridized carbons (Fsp3) is 0.231. The van der Waals surface area contributed by atoms with Crippen LogP contribution in [0.1, 0.15) is 27.2 Å². The standard InChI is InChI=1S/C26H24F3N3O4/c1-30-17-31(25(35)22-23(34)21(33)12-14-32(22)30)13-5-6-15-36-24-19(16-18-8-3-2-4-9-18)10-7-11-20(24)26(27,28)29/h2-12,14,34H,13,15-17H2,1H3/b6-5-. The third-order valence-corrected chi connectivity index (χ3v) is 5.74. The lowest BCUT2D eigenvalue weighted by molar-refractivity contribution is -0.138. The highest BCUT2D eigenvalue weighted by molar-refractivity contribution is 5.96. The summed E-state index contributed by atoms with van der Waals surface area (Å²) in [5, 5.41) is 11.7. The Morgan fingerprint density at radius 3 is 2.50 bits per heavy atom. The maximum Gasteiger partial charge on any atom is 0.419 e. The number of carbonyl (C=O) groups is 1. The summed E-state index contributed by atoms with van der Waals surface area (Å²) in [4.78, 5) is 25.9. The van der Waals surface area contributed by atoms with E-state index in [1.165, 1.54) is 34.0 Å². The Morgan fingerprint density at radius 2 is 1.78 bits per heavy atom. The molecule has 4 rings (SSSR count). The Labute approximate surface area is 205 Å². The molecule has 0 spiro atoms. The van der Waals surface area contributed by atoms with Crippen LogP contribution in [0, 0.1) is 0 Å². The average molecular weight is 499 g/mol. The maximum atomic E-state index is 13.7. The van der Waals surface area contributed by atoms with Crippen molar-refractivity contribution in [3.8, 4) is 11.5 Å². The van der Waals surface area contributed by atoms with Gasteiger partial charge in [-0.3, -0.25) is 19.3 Å². The van der Waals surface area contributed by atoms with Gasteiger partial charge in [0.15, 0.2) is 11.4 Å². The first-order valence-corrected chi connectivity index (χ1v) is 11.1. The molecular weight excluding hydrogens is 475 g/mol. The van der Waals surface area contributed by atoms with E-state index in [2.05, 4.69) is 0 Å². The summed E-state index contributed by atoms with van der Waals surface area (Å²) >= 11 is 0. The minimum Gasteiger partial charge on any atom is -0.502 e. The smallest absolute Gasteiger partial charge is 0.419 e. The lowest BCUT2D eigenvalue weighted by atomic mass is 10.0. The van der Waals surface area contributed by atoms with Gasteiger partial charge in [-0.15, -0.1) is 0 Å². The van der Waals surface area contributed by atoms with Gasteiger partial charge in [-0.1, -0.05) is 48.5 Å². The molecule has 0 fully saturated rings. The number of benzene rings is 2. The molecule has 36 heavy (non-hydrogen) atoms. The zero-order valence-electron chi connectivity index (χ0n) is 19.4. The number of rotatable bonds is 7. The molecular formula is C26H24F3N3O4. The van der Waals surface area contributed by atoms with E-state index >= 15 is 0 Å². The highest BCUT2D eigenvalue weighted by Crippen LogP contribution is 2.39. The Kier molecular flexibility index (Phi) is 7.05. The molecule has 3 aromatic rings. The second-order valence-electron chi connectivity index (χ2n) is 8.28. The Hall–Kier alpha value is -4.21. The van der Waals surface area contributed by atoms with Crippen LogP contribution < -0.4 is 15.2 Å². The molecule has 0 saturated heterocycles. The van der Waals surface area contributed by atoms with E-state index < -0.39 is 28.8 Å². The van der Waals surface area contributed by atoms with E-state index in [0.717, 1.165) is 11.6 Å². The molecule has 1 amide bonds. The number of para-hydroxylation sites is 1. The van der Waals surface area contributed by atoms with Gasteiger partial charge in [0, 0.05) is 32.3 Å². The van der Waals surface area contributed by atoms with Crippen LogP contribution in [0.4, 0.5) is 13.2 Å². The first-order valence-electron chi connectivity index (χ1n) is 11.1. The number of alkyl halides is 3. The topological polar surface area (TPSA) is 75.0 Å². The first kappa shape index (κ1) is 24.9. The summed E-state index contributed by atoms with van der Waals surface area (Å²) in [6, 6.07) is 14.3. The molecule has 0 atom stereocenters. The lowest BCUT2D eigenvalue weighted by Crippen LogP contribution is -2.52. The largest absolute Gasteiger partial charge is 0.502 e. The second kappa shape index (κ2) is 10.2. The molecule has 0 saturated carbocycles. The maximum absolute atomic E-state index is 13.7. The first-order chi connectivity index (χ1) is 17.2. The lowest BCUT2D eigenvalue weighted by Gasteiger charge is -2.36. The molecule has 10 heteroatoms. The quantitative estimate of drug-likeness (QED) is 0.501. The molecule has 7 nitrogen and oxygen atoms in total. The third kappa shape index (κ3) is 5.22. The number of fused-ring (bicyclic) bond motifs is 1. The van der Waals surface area contributed by atoms with Gasteiger partial charge in [-0.25, -0.2) is 0 Å². The minimum atomic E-state index is -4.58. The van der Waals surface area contributed by atoms with Gasteiger partial charge in [0.1, 0.15) is 19.0 Å². The van der Waals surface area contributed by atoms with Crippen LogP contribution >= 0.6 is 0 Å². The van der Waals surface area contributed by atoms with Crippen molar-refractivity contribution in [2.45, 2.75) is 12.6 Å². The van der Waals surface area contributed by atoms with Crippen molar-refractivity contribution in [3.05, 3.63) is 106 Å². The van der Waals surface area contributed by atoms with Gasteiger partial charge in [0.2, 0.25) is 5.43 Å². The monoisotopic (exact) mass is 499 g/mol. The van der Waals surface area contributed by atoms with Crippen LogP contribution in [-0.4, -0.2) is 47.5 Å². The van der Waals surface area contributed by atoms with E-state index in [-0.39, 0.29) is 37.7 Å². The molecule has 1 N–H and O–H groups in total. The molecule has 0 aliphatic carbocycles. The Morgan fingerprint density at radius 1 is 1.03 bits per heavy atom. The van der Waals surface area contributed by atoms with Gasteiger partial charge in [-0.05, 0) is 23.3 Å². The van der Waals surface area contributed by atoms with Crippen molar-refractivity contribution in [2.75, 3.05) is 31.9 Å². The number of amides is 1. The third-order valence-electron chi connectivity index (χ3n) is 5.74. The Bertz CT molecular complexity index is 1340. The number of ether oxygens (including phenoxy) is 1. The SMILES string of the molecule is CN1CN(C/C=C\COc2c(Cc3ccccc3)cccc2C(F)(F)F)C(=O)c2c(O)c(=O)ccn21. The van der Waals surface area contributed by atoms with Crippen molar-refractivity contribution in [2.24, 2.45) is 0 Å². The number of aromatic hydroxyl groups is 1. The van der Waals surface area contributed by atoms with E-state index in [4.69, 9.17) is 4.74 Å². The van der Waals surface area contributed by atoms with E-state index in [1.54, 1.807) is 24.2 Å². The number of halogens is 3. The predicted octanol–water partition coefficient (Wildman–Crippen LogP) is 3.78. The van der Waals surface area contributed by atoms with Gasteiger partial charge in [-0.2, -0.15) is 13.2 Å². The van der Waals surface area contributed by atoms with Crippen LogP contribution in [0.2, 0.25) is 0 Å². The number of pyridine rings is 1. The van der Waals surface area contributed by atoms with Crippen LogP contribution in [0.3, 0.4) is 0 Å². The minimum absolute atomic E-state index is 0.104. The molecule has 1 aromatic heterocycles. The number of hydrogen-bond acceptors (Lipinski definition) is 5. The molecule has 0 bridgehead atoms. The summed E-state index contributed by atoms with van der Waals surface area (Å²) in [5.41, 5.74) is -0.397. The fourth-order valence-electron chi connectivity index (χ4n) is 4.01. The zero-order chi connectivity index (χ0) is 25.9. The fourth-order valence-corrected chi connectivity index (χ4v) is 4.01. The van der Waals surface area contributed by atoms with Crippen molar-refractivity contribution in [3.63, 3.8) is 0 Å². The Balaban J connectivity index is 1.47. The van der Waals surface area contributed by atoms with E-state index in [0.29, 0.717) is 5.56 Å². The highest BCUT2D eigenvalue weighted by Gasteiger charge is 2.35. The second-order valence-corrected chi connectivity index (χ2v) is 8.28. The number of hydrogen-bond donors (Lipinski definition) is 1. The van der Waals surface area contributed by atoms with Gasteiger partial charge < -0.3 is 14.7 Å².